The SMILES string of the molecule is CCCN1C(=O)C(=O)/C(=C(\O)c2ccc(OC(C)C)cc2)C1c1ccccc1OC. The summed E-state index contributed by atoms with van der Waals surface area (Å²) in [4.78, 5) is 27.2. The lowest BCUT2D eigenvalue weighted by Crippen LogP contribution is -2.30. The fourth-order valence-corrected chi connectivity index (χ4v) is 3.69. The first kappa shape index (κ1) is 21.4. The van der Waals surface area contributed by atoms with E-state index in [4.69, 9.17) is 9.47 Å². The summed E-state index contributed by atoms with van der Waals surface area (Å²) in [5, 5.41) is 11.1. The summed E-state index contributed by atoms with van der Waals surface area (Å²) in [5.74, 6) is -0.307. The Hall–Kier alpha value is -3.28. The maximum atomic E-state index is 12.9. The third kappa shape index (κ3) is 4.03. The molecule has 2 aromatic rings. The van der Waals surface area contributed by atoms with Crippen LogP contribution in [-0.2, 0) is 9.59 Å². The molecule has 0 spiro atoms. The normalized spacial score (nSPS) is 18.2. The van der Waals surface area contributed by atoms with Gasteiger partial charge in [0.2, 0.25) is 0 Å². The molecular formula is C24H27NO5. The molecule has 1 heterocycles. The number of ether oxygens (including phenoxy) is 2. The standard InChI is InChI=1S/C24H27NO5/c1-5-14-25-21(18-8-6-7-9-19(18)29-4)20(23(27)24(25)28)22(26)16-10-12-17(13-11-16)30-15(2)3/h6-13,15,21,26H,5,14H2,1-4H3/b22-20-. The van der Waals surface area contributed by atoms with Gasteiger partial charge in [0.15, 0.2) is 0 Å². The van der Waals surface area contributed by atoms with Crippen molar-refractivity contribution in [3.8, 4) is 11.5 Å². The number of aliphatic hydroxyl groups excluding tert-OH is 1. The highest BCUT2D eigenvalue weighted by Gasteiger charge is 2.46. The number of Topliss-reactive ketones (excluding diaryl/α,β-unsaturated/α-hetero) is 1. The molecule has 0 saturated carbocycles. The van der Waals surface area contributed by atoms with Gasteiger partial charge in [-0.15, -0.1) is 0 Å². The number of carbonyl (C=O) groups excluding carboxylic acids is 2. The number of carbonyl (C=O) groups is 2. The van der Waals surface area contributed by atoms with Crippen LogP contribution in [0, 0.1) is 0 Å². The van der Waals surface area contributed by atoms with E-state index >= 15 is 0 Å². The highest BCUT2D eigenvalue weighted by Crippen LogP contribution is 2.42. The van der Waals surface area contributed by atoms with Gasteiger partial charge in [0, 0.05) is 17.7 Å². The maximum absolute atomic E-state index is 12.9. The topological polar surface area (TPSA) is 76.1 Å². The summed E-state index contributed by atoms with van der Waals surface area (Å²) in [6.07, 6.45) is 0.703. The van der Waals surface area contributed by atoms with Crippen molar-refractivity contribution in [3.05, 3.63) is 65.2 Å². The fraction of sp³-hybridized carbons (Fsp3) is 0.333. The van der Waals surface area contributed by atoms with Gasteiger partial charge in [0.25, 0.3) is 11.7 Å². The fourth-order valence-electron chi connectivity index (χ4n) is 3.69. The van der Waals surface area contributed by atoms with Crippen LogP contribution in [0.4, 0.5) is 0 Å². The highest BCUT2D eigenvalue weighted by molar-refractivity contribution is 6.46. The van der Waals surface area contributed by atoms with E-state index in [1.165, 1.54) is 12.0 Å². The minimum atomic E-state index is -0.715. The molecule has 0 aliphatic carbocycles. The number of nitrogens with zero attached hydrogens (tertiary/aromatic N) is 1. The predicted molar refractivity (Wildman–Crippen MR) is 115 cm³/mol. The van der Waals surface area contributed by atoms with Crippen LogP contribution in [0.25, 0.3) is 5.76 Å². The van der Waals surface area contributed by atoms with E-state index in [1.807, 2.05) is 39.0 Å². The summed E-state index contributed by atoms with van der Waals surface area (Å²) in [7, 11) is 1.54. The van der Waals surface area contributed by atoms with E-state index < -0.39 is 17.7 Å². The van der Waals surface area contributed by atoms with Crippen molar-refractivity contribution in [1.29, 1.82) is 0 Å². The lowest BCUT2D eigenvalue weighted by molar-refractivity contribution is -0.139. The number of para-hydroxylation sites is 1. The molecule has 0 bridgehead atoms. The van der Waals surface area contributed by atoms with Crippen molar-refractivity contribution in [2.45, 2.75) is 39.3 Å². The van der Waals surface area contributed by atoms with Gasteiger partial charge in [-0.25, -0.2) is 0 Å². The Morgan fingerprint density at radius 2 is 1.77 bits per heavy atom. The number of hydrogen-bond acceptors (Lipinski definition) is 5. The molecule has 6 nitrogen and oxygen atoms in total. The molecule has 0 aromatic heterocycles. The van der Waals surface area contributed by atoms with Crippen LogP contribution in [0.1, 0.15) is 44.4 Å². The molecule has 1 N–H and O–H groups in total. The second-order valence-corrected chi connectivity index (χ2v) is 7.43. The molecule has 6 heteroatoms. The smallest absolute Gasteiger partial charge is 0.295 e. The van der Waals surface area contributed by atoms with Crippen LogP contribution in [0.3, 0.4) is 0 Å². The second kappa shape index (κ2) is 9.03. The van der Waals surface area contributed by atoms with Gasteiger partial charge in [-0.3, -0.25) is 9.59 Å². The Morgan fingerprint density at radius 3 is 2.37 bits per heavy atom. The lowest BCUT2D eigenvalue weighted by Gasteiger charge is -2.26. The maximum Gasteiger partial charge on any atom is 0.295 e. The van der Waals surface area contributed by atoms with Crippen molar-refractivity contribution in [2.24, 2.45) is 0 Å². The van der Waals surface area contributed by atoms with Crippen molar-refractivity contribution >= 4 is 17.4 Å². The average Bonchev–Trinajstić information content (AvgIpc) is 2.98. The Labute approximate surface area is 176 Å². The molecule has 1 saturated heterocycles. The molecule has 1 aliphatic rings. The molecule has 3 rings (SSSR count). The van der Waals surface area contributed by atoms with Crippen LogP contribution in [0.5, 0.6) is 11.5 Å². The monoisotopic (exact) mass is 409 g/mol. The molecule has 30 heavy (non-hydrogen) atoms. The van der Waals surface area contributed by atoms with Crippen molar-refractivity contribution < 1.29 is 24.2 Å². The zero-order valence-corrected chi connectivity index (χ0v) is 17.7. The van der Waals surface area contributed by atoms with E-state index in [2.05, 4.69) is 0 Å². The molecule has 1 unspecified atom stereocenters. The summed E-state index contributed by atoms with van der Waals surface area (Å²) in [6, 6.07) is 13.3. The first-order valence-corrected chi connectivity index (χ1v) is 10.1. The Kier molecular flexibility index (Phi) is 6.45. The van der Waals surface area contributed by atoms with Crippen LogP contribution < -0.4 is 9.47 Å². The highest BCUT2D eigenvalue weighted by atomic mass is 16.5. The summed E-state index contributed by atoms with van der Waals surface area (Å²) in [6.45, 7) is 6.18. The van der Waals surface area contributed by atoms with E-state index in [-0.39, 0.29) is 17.4 Å². The number of rotatable bonds is 7. The first-order chi connectivity index (χ1) is 14.4. The molecule has 1 aliphatic heterocycles. The zero-order valence-electron chi connectivity index (χ0n) is 17.7. The van der Waals surface area contributed by atoms with Crippen molar-refractivity contribution in [2.75, 3.05) is 13.7 Å². The molecule has 0 radical (unpaired) electrons. The number of aliphatic hydroxyl groups is 1. The van der Waals surface area contributed by atoms with Gasteiger partial charge in [0.1, 0.15) is 17.3 Å². The minimum Gasteiger partial charge on any atom is -0.507 e. The van der Waals surface area contributed by atoms with Gasteiger partial charge in [0.05, 0.1) is 24.8 Å². The molecule has 1 atom stereocenters. The van der Waals surface area contributed by atoms with E-state index in [1.54, 1.807) is 30.3 Å². The second-order valence-electron chi connectivity index (χ2n) is 7.43. The minimum absolute atomic E-state index is 0.0226. The van der Waals surface area contributed by atoms with Crippen LogP contribution in [0.2, 0.25) is 0 Å². The number of benzene rings is 2. The molecular weight excluding hydrogens is 382 g/mol. The Morgan fingerprint density at radius 1 is 1.10 bits per heavy atom. The number of ketones is 1. The zero-order chi connectivity index (χ0) is 21.8. The van der Waals surface area contributed by atoms with Crippen LogP contribution in [-0.4, -0.2) is 41.5 Å². The molecule has 1 fully saturated rings. The average molecular weight is 409 g/mol. The quantitative estimate of drug-likeness (QED) is 0.419. The first-order valence-electron chi connectivity index (χ1n) is 10.1. The third-order valence-electron chi connectivity index (χ3n) is 4.94. The Balaban J connectivity index is 2.13. The van der Waals surface area contributed by atoms with Gasteiger partial charge >= 0.3 is 0 Å². The number of hydrogen-bond donors (Lipinski definition) is 1. The largest absolute Gasteiger partial charge is 0.507 e. The number of likely N-dealkylation sites (tertiary alicyclic amines) is 1. The third-order valence-corrected chi connectivity index (χ3v) is 4.94. The Bertz CT molecular complexity index is 962. The van der Waals surface area contributed by atoms with E-state index in [0.29, 0.717) is 35.6 Å². The predicted octanol–water partition coefficient (Wildman–Crippen LogP) is 4.31. The van der Waals surface area contributed by atoms with Crippen molar-refractivity contribution in [3.63, 3.8) is 0 Å². The molecule has 1 amide bonds. The van der Waals surface area contributed by atoms with Gasteiger partial charge in [-0.2, -0.15) is 0 Å². The van der Waals surface area contributed by atoms with Crippen LogP contribution in [0.15, 0.2) is 54.1 Å². The lowest BCUT2D eigenvalue weighted by atomic mass is 9.94. The molecule has 2 aromatic carbocycles. The van der Waals surface area contributed by atoms with Gasteiger partial charge in [-0.05, 0) is 50.6 Å². The van der Waals surface area contributed by atoms with E-state index in [9.17, 15) is 14.7 Å². The number of methoxy groups -OCH3 is 1. The van der Waals surface area contributed by atoms with E-state index in [0.717, 1.165) is 0 Å². The number of amides is 1. The summed E-state index contributed by atoms with van der Waals surface area (Å²) >= 11 is 0. The van der Waals surface area contributed by atoms with Gasteiger partial charge < -0.3 is 19.5 Å². The van der Waals surface area contributed by atoms with Crippen molar-refractivity contribution in [1.82, 2.24) is 4.90 Å². The summed E-state index contributed by atoms with van der Waals surface area (Å²) < 4.78 is 11.1. The van der Waals surface area contributed by atoms with Gasteiger partial charge in [-0.1, -0.05) is 25.1 Å². The molecule has 158 valence electrons. The summed E-state index contributed by atoms with van der Waals surface area (Å²) in [5.41, 5.74) is 1.17. The van der Waals surface area contributed by atoms with Crippen LogP contribution >= 0.6 is 0 Å².